The molecular weight excluding hydrogens is 403 g/mol. The van der Waals surface area contributed by atoms with Crippen molar-refractivity contribution in [1.29, 1.82) is 0 Å². The van der Waals surface area contributed by atoms with Gasteiger partial charge in [0.15, 0.2) is 11.8 Å². The third-order valence-corrected chi connectivity index (χ3v) is 5.70. The maximum atomic E-state index is 4.49. The van der Waals surface area contributed by atoms with Gasteiger partial charge in [0.05, 0.1) is 6.54 Å². The van der Waals surface area contributed by atoms with Crippen molar-refractivity contribution in [2.24, 2.45) is 10.4 Å². The van der Waals surface area contributed by atoms with Crippen molar-refractivity contribution in [3.63, 3.8) is 0 Å². The van der Waals surface area contributed by atoms with Crippen molar-refractivity contribution in [3.8, 4) is 0 Å². The highest BCUT2D eigenvalue weighted by Crippen LogP contribution is 2.45. The Morgan fingerprint density at radius 3 is 2.78 bits per heavy atom. The van der Waals surface area contributed by atoms with Crippen LogP contribution in [0.1, 0.15) is 50.2 Å². The van der Waals surface area contributed by atoms with E-state index in [1.54, 1.807) is 0 Å². The minimum Gasteiger partial charge on any atom is -0.349 e. The van der Waals surface area contributed by atoms with Crippen LogP contribution in [0.4, 0.5) is 0 Å². The Kier molecular flexibility index (Phi) is 5.13. The lowest BCUT2D eigenvalue weighted by atomic mass is 9.86. The van der Waals surface area contributed by atoms with Crippen LogP contribution in [0.2, 0.25) is 0 Å². The molecule has 1 aromatic heterocycles. The summed E-state index contributed by atoms with van der Waals surface area (Å²) in [6.07, 6.45) is 9.21. The largest absolute Gasteiger partial charge is 0.349 e. The van der Waals surface area contributed by atoms with Gasteiger partial charge in [-0.15, -0.1) is 34.2 Å². The van der Waals surface area contributed by atoms with Crippen LogP contribution in [0.15, 0.2) is 4.99 Å². The van der Waals surface area contributed by atoms with Crippen LogP contribution >= 0.6 is 24.0 Å². The van der Waals surface area contributed by atoms with Gasteiger partial charge in [-0.05, 0) is 31.1 Å². The minimum absolute atomic E-state index is 0. The zero-order valence-corrected chi connectivity index (χ0v) is 16.3. The van der Waals surface area contributed by atoms with Gasteiger partial charge in [0.1, 0.15) is 5.82 Å². The number of likely N-dealkylation sites (tertiary alicyclic amines) is 1. The van der Waals surface area contributed by atoms with Gasteiger partial charge in [-0.1, -0.05) is 12.8 Å². The fourth-order valence-electron chi connectivity index (χ4n) is 4.48. The summed E-state index contributed by atoms with van der Waals surface area (Å²) >= 11 is 0. The van der Waals surface area contributed by atoms with Crippen molar-refractivity contribution in [2.45, 2.75) is 58.0 Å². The standard InChI is InChI=1S/C16H26N6.HI/c1-17-15(21-10-8-16(12-21)6-2-3-7-16)18-11-14-20-19-13-5-4-9-22(13)14;/h2-12H2,1H3,(H,17,18);1H. The number of halogens is 1. The van der Waals surface area contributed by atoms with E-state index in [-0.39, 0.29) is 24.0 Å². The van der Waals surface area contributed by atoms with Gasteiger partial charge in [0, 0.05) is 33.1 Å². The molecule has 4 rings (SSSR count). The fourth-order valence-corrected chi connectivity index (χ4v) is 4.48. The lowest BCUT2D eigenvalue weighted by molar-refractivity contribution is 0.309. The molecule has 3 heterocycles. The summed E-state index contributed by atoms with van der Waals surface area (Å²) in [5.74, 6) is 3.21. The number of aliphatic imine (C=N–C) groups is 1. The molecule has 0 bridgehead atoms. The first-order chi connectivity index (χ1) is 10.8. The van der Waals surface area contributed by atoms with Crippen LogP contribution in [0.3, 0.4) is 0 Å². The van der Waals surface area contributed by atoms with E-state index in [9.17, 15) is 0 Å². The Balaban J connectivity index is 0.00000156. The van der Waals surface area contributed by atoms with Crippen LogP contribution in [-0.4, -0.2) is 45.8 Å². The average Bonchev–Trinajstić information content (AvgIpc) is 3.28. The van der Waals surface area contributed by atoms with Gasteiger partial charge in [0.2, 0.25) is 0 Å². The van der Waals surface area contributed by atoms with Crippen LogP contribution in [-0.2, 0) is 19.5 Å². The molecule has 128 valence electrons. The van der Waals surface area contributed by atoms with Crippen molar-refractivity contribution in [2.75, 3.05) is 20.1 Å². The van der Waals surface area contributed by atoms with Crippen LogP contribution < -0.4 is 5.32 Å². The maximum Gasteiger partial charge on any atom is 0.194 e. The normalized spacial score (nSPS) is 22.5. The second kappa shape index (κ2) is 6.94. The monoisotopic (exact) mass is 430 g/mol. The second-order valence-corrected chi connectivity index (χ2v) is 7.07. The molecule has 1 spiro atoms. The van der Waals surface area contributed by atoms with E-state index in [1.165, 1.54) is 45.1 Å². The van der Waals surface area contributed by atoms with E-state index in [0.717, 1.165) is 43.7 Å². The molecule has 1 aromatic rings. The molecule has 2 fully saturated rings. The summed E-state index contributed by atoms with van der Waals surface area (Å²) in [4.78, 5) is 6.93. The number of fused-ring (bicyclic) bond motifs is 1. The summed E-state index contributed by atoms with van der Waals surface area (Å²) in [6.45, 7) is 4.09. The summed E-state index contributed by atoms with van der Waals surface area (Å²) < 4.78 is 2.25. The van der Waals surface area contributed by atoms with Crippen LogP contribution in [0, 0.1) is 5.41 Å². The van der Waals surface area contributed by atoms with Crippen molar-refractivity contribution in [3.05, 3.63) is 11.6 Å². The predicted octanol–water partition coefficient (Wildman–Crippen LogP) is 2.18. The van der Waals surface area contributed by atoms with Crippen LogP contribution in [0.25, 0.3) is 0 Å². The van der Waals surface area contributed by atoms with Crippen molar-refractivity contribution in [1.82, 2.24) is 25.0 Å². The first kappa shape index (κ1) is 17.0. The van der Waals surface area contributed by atoms with Crippen LogP contribution in [0.5, 0.6) is 0 Å². The maximum absolute atomic E-state index is 4.49. The van der Waals surface area contributed by atoms with Gasteiger partial charge in [-0.25, -0.2) is 0 Å². The molecule has 0 unspecified atom stereocenters. The highest BCUT2D eigenvalue weighted by Gasteiger charge is 2.41. The Labute approximate surface area is 155 Å². The average molecular weight is 430 g/mol. The smallest absolute Gasteiger partial charge is 0.194 e. The Bertz CT molecular complexity index is 575. The fraction of sp³-hybridized carbons (Fsp3) is 0.812. The molecule has 1 saturated heterocycles. The molecule has 0 amide bonds. The molecule has 6 nitrogen and oxygen atoms in total. The SMILES string of the molecule is CN=C(NCc1nnc2n1CCC2)N1CCC2(CCCC2)C1.I. The van der Waals surface area contributed by atoms with Gasteiger partial charge >= 0.3 is 0 Å². The number of rotatable bonds is 2. The highest BCUT2D eigenvalue weighted by molar-refractivity contribution is 14.0. The van der Waals surface area contributed by atoms with Gasteiger partial charge in [-0.3, -0.25) is 4.99 Å². The molecule has 2 aliphatic heterocycles. The number of aromatic nitrogens is 3. The number of guanidine groups is 1. The summed E-state index contributed by atoms with van der Waals surface area (Å²) in [5, 5.41) is 12.1. The molecular formula is C16H27IN6. The van der Waals surface area contributed by atoms with E-state index >= 15 is 0 Å². The summed E-state index contributed by atoms with van der Waals surface area (Å²) in [6, 6.07) is 0. The molecule has 0 aromatic carbocycles. The topological polar surface area (TPSA) is 58.3 Å². The van der Waals surface area contributed by atoms with Gasteiger partial charge in [0.25, 0.3) is 0 Å². The molecule has 0 radical (unpaired) electrons. The second-order valence-electron chi connectivity index (χ2n) is 7.07. The molecule has 0 atom stereocenters. The third-order valence-electron chi connectivity index (χ3n) is 5.70. The Morgan fingerprint density at radius 1 is 1.17 bits per heavy atom. The number of aryl methyl sites for hydroxylation is 1. The highest BCUT2D eigenvalue weighted by atomic mass is 127. The minimum atomic E-state index is 0. The number of nitrogens with zero attached hydrogens (tertiary/aromatic N) is 5. The quantitative estimate of drug-likeness (QED) is 0.444. The lowest BCUT2D eigenvalue weighted by Crippen LogP contribution is -2.41. The summed E-state index contributed by atoms with van der Waals surface area (Å²) in [7, 11) is 1.89. The van der Waals surface area contributed by atoms with Gasteiger partial charge in [-0.2, -0.15) is 0 Å². The lowest BCUT2D eigenvalue weighted by Gasteiger charge is -2.25. The Hall–Kier alpha value is -0.860. The van der Waals surface area contributed by atoms with E-state index in [0.29, 0.717) is 5.41 Å². The van der Waals surface area contributed by atoms with Crippen molar-refractivity contribution >= 4 is 29.9 Å². The van der Waals surface area contributed by atoms with Crippen molar-refractivity contribution < 1.29 is 0 Å². The molecule has 7 heteroatoms. The van der Waals surface area contributed by atoms with E-state index in [1.807, 2.05) is 7.05 Å². The number of hydrogen-bond donors (Lipinski definition) is 1. The molecule has 23 heavy (non-hydrogen) atoms. The molecule has 1 aliphatic carbocycles. The first-order valence-electron chi connectivity index (χ1n) is 8.66. The predicted molar refractivity (Wildman–Crippen MR) is 101 cm³/mol. The Morgan fingerprint density at radius 2 is 2.00 bits per heavy atom. The number of nitrogens with one attached hydrogen (secondary N) is 1. The zero-order chi connectivity index (χ0) is 15.0. The van der Waals surface area contributed by atoms with E-state index in [2.05, 4.69) is 30.0 Å². The molecule has 1 saturated carbocycles. The third kappa shape index (κ3) is 3.21. The molecule has 1 N–H and O–H groups in total. The van der Waals surface area contributed by atoms with Gasteiger partial charge < -0.3 is 14.8 Å². The first-order valence-corrected chi connectivity index (χ1v) is 8.66. The van der Waals surface area contributed by atoms with E-state index < -0.39 is 0 Å². The summed E-state index contributed by atoms with van der Waals surface area (Å²) in [5.41, 5.74) is 0.577. The number of hydrogen-bond acceptors (Lipinski definition) is 3. The van der Waals surface area contributed by atoms with E-state index in [4.69, 9.17) is 0 Å². The molecule has 3 aliphatic rings. The zero-order valence-electron chi connectivity index (χ0n) is 13.9.